The fourth-order valence-corrected chi connectivity index (χ4v) is 9.99. The van der Waals surface area contributed by atoms with E-state index in [1.807, 2.05) is 54.7 Å². The molecule has 0 aromatic heterocycles. The Morgan fingerprint density at radius 1 is 0.925 bits per heavy atom. The van der Waals surface area contributed by atoms with Gasteiger partial charge in [-0.3, -0.25) is 10.1 Å². The summed E-state index contributed by atoms with van der Waals surface area (Å²) in [6, 6.07) is 33.6. The van der Waals surface area contributed by atoms with Crippen molar-refractivity contribution in [2.75, 3.05) is 16.7 Å². The Labute approximate surface area is 241 Å². The van der Waals surface area contributed by atoms with E-state index in [0.29, 0.717) is 10.2 Å². The summed E-state index contributed by atoms with van der Waals surface area (Å²) in [5.74, 6) is 0. The van der Waals surface area contributed by atoms with Crippen LogP contribution in [0.15, 0.2) is 128 Å². The first-order chi connectivity index (χ1) is 19.2. The number of rotatable bonds is 4. The molecule has 200 valence electrons. The number of nitrogens with zero attached hydrogens (tertiary/aromatic N) is 5. The van der Waals surface area contributed by atoms with Crippen molar-refractivity contribution in [1.82, 2.24) is 0 Å². The number of hydrogen-bond donors (Lipinski definition) is 0. The summed E-state index contributed by atoms with van der Waals surface area (Å²) >= 11 is 3.59. The van der Waals surface area contributed by atoms with Crippen LogP contribution in [-0.2, 0) is 5.41 Å². The van der Waals surface area contributed by atoms with Crippen molar-refractivity contribution in [2.24, 2.45) is 9.85 Å². The number of halogens is 1. The van der Waals surface area contributed by atoms with Gasteiger partial charge in [0.05, 0.1) is 27.8 Å². The average molecular weight is 612 g/mol. The van der Waals surface area contributed by atoms with Gasteiger partial charge >= 0.3 is 0 Å². The molecule has 2 heterocycles. The number of para-hydroxylation sites is 2. The molecule has 0 saturated heterocycles. The highest BCUT2D eigenvalue weighted by molar-refractivity contribution is 9.10. The van der Waals surface area contributed by atoms with Gasteiger partial charge in [0.15, 0.2) is 0 Å². The van der Waals surface area contributed by atoms with Crippen LogP contribution in [0.3, 0.4) is 0 Å². The Kier molecular flexibility index (Phi) is 6.48. The van der Waals surface area contributed by atoms with Crippen molar-refractivity contribution in [3.63, 3.8) is 0 Å². The molecule has 0 aliphatic carbocycles. The Balaban J connectivity index is 1.74. The van der Waals surface area contributed by atoms with E-state index < -0.39 is 12.1 Å². The van der Waals surface area contributed by atoms with Gasteiger partial charge in [-0.15, -0.1) is 0 Å². The van der Waals surface area contributed by atoms with E-state index in [9.17, 15) is 10.1 Å². The third-order valence-electron chi connectivity index (χ3n) is 7.51. The van der Waals surface area contributed by atoms with Crippen molar-refractivity contribution in [3.8, 4) is 0 Å². The van der Waals surface area contributed by atoms with E-state index in [1.165, 1.54) is 17.7 Å². The molecule has 0 bridgehead atoms. The van der Waals surface area contributed by atoms with Crippen LogP contribution in [0.2, 0.25) is 0 Å². The number of nitro benzene ring substituents is 1. The molecule has 0 N–H and O–H groups in total. The zero-order valence-electron chi connectivity index (χ0n) is 22.3. The first-order valence-corrected chi connectivity index (χ1v) is 15.3. The van der Waals surface area contributed by atoms with Gasteiger partial charge in [0.2, 0.25) is 0 Å². The second kappa shape index (κ2) is 9.88. The van der Waals surface area contributed by atoms with Gasteiger partial charge in [-0.25, -0.2) is 9.52 Å². The number of fused-ring (bicyclic) bond motifs is 1. The van der Waals surface area contributed by atoms with E-state index in [-0.39, 0.29) is 11.1 Å². The molecular weight excluding hydrogens is 585 g/mol. The molecule has 2 aliphatic rings. The molecule has 0 amide bonds. The maximum absolute atomic E-state index is 11.5. The van der Waals surface area contributed by atoms with Gasteiger partial charge in [-0.2, -0.15) is 5.10 Å². The summed E-state index contributed by atoms with van der Waals surface area (Å²) in [4.78, 5) is 13.4. The second-order valence-corrected chi connectivity index (χ2v) is 13.9. The molecule has 4 aromatic rings. The molecule has 6 rings (SSSR count). The van der Waals surface area contributed by atoms with Gasteiger partial charge in [0.1, 0.15) is 7.21 Å². The number of hydrazone groups is 1. The molecule has 1 atom stereocenters. The van der Waals surface area contributed by atoms with Crippen molar-refractivity contribution < 1.29 is 4.92 Å². The van der Waals surface area contributed by atoms with Crippen LogP contribution in [0, 0.1) is 10.1 Å². The van der Waals surface area contributed by atoms with Crippen LogP contribution >= 0.6 is 23.1 Å². The molecule has 0 spiro atoms. The number of non-ortho nitro benzene ring substituents is 1. The number of anilines is 2. The lowest BCUT2D eigenvalue weighted by Crippen LogP contribution is -2.27. The minimum atomic E-state index is -2.85. The Hall–Kier alpha value is -4.00. The Morgan fingerprint density at radius 3 is 2.23 bits per heavy atom. The average Bonchev–Trinajstić information content (AvgIpc) is 3.42. The minimum absolute atomic E-state index is 0.00574. The van der Waals surface area contributed by atoms with E-state index in [0.717, 1.165) is 27.7 Å². The van der Waals surface area contributed by atoms with E-state index in [2.05, 4.69) is 82.9 Å². The minimum Gasteiger partial charge on any atom is -0.346 e. The molecule has 7 nitrogen and oxygen atoms in total. The maximum Gasteiger partial charge on any atom is 0.270 e. The molecule has 0 fully saturated rings. The van der Waals surface area contributed by atoms with Gasteiger partial charge in [0.25, 0.3) is 5.69 Å². The number of nitro groups is 1. The van der Waals surface area contributed by atoms with Crippen LogP contribution in [0.4, 0.5) is 22.7 Å². The zero-order chi connectivity index (χ0) is 28.1. The monoisotopic (exact) mass is 611 g/mol. The van der Waals surface area contributed by atoms with Crippen molar-refractivity contribution >= 4 is 57.4 Å². The lowest BCUT2D eigenvalue weighted by atomic mass is 9.84. The van der Waals surface area contributed by atoms with Crippen LogP contribution in [0.25, 0.3) is 0 Å². The summed E-state index contributed by atoms with van der Waals surface area (Å²) in [5.41, 5.74) is 4.77. The van der Waals surface area contributed by atoms with Crippen molar-refractivity contribution in [1.29, 1.82) is 0 Å². The Bertz CT molecular complexity index is 1750. The molecule has 0 radical (unpaired) electrons. The smallest absolute Gasteiger partial charge is 0.270 e. The van der Waals surface area contributed by atoms with Crippen LogP contribution in [0.5, 0.6) is 0 Å². The summed E-state index contributed by atoms with van der Waals surface area (Å²) in [6.45, 7) is 4.50. The SMILES string of the molecule is CN1/C(=C2/C=NN(c3ccccc3)P2(=Nc2ccc([N+](=O)[O-])cc2Br)c2ccccc2)C(C)(C)c2ccccc21. The molecule has 40 heavy (non-hydrogen) atoms. The lowest BCUT2D eigenvalue weighted by Gasteiger charge is -2.35. The number of benzene rings is 4. The summed E-state index contributed by atoms with van der Waals surface area (Å²) in [7, 11) is -0.742. The summed E-state index contributed by atoms with van der Waals surface area (Å²) < 4.78 is 8.18. The van der Waals surface area contributed by atoms with Crippen LogP contribution < -0.4 is 15.0 Å². The fourth-order valence-electron chi connectivity index (χ4n) is 5.71. The second-order valence-electron chi connectivity index (χ2n) is 10.2. The van der Waals surface area contributed by atoms with Crippen molar-refractivity contribution in [2.45, 2.75) is 19.3 Å². The number of allylic oxidation sites excluding steroid dienone is 2. The highest BCUT2D eigenvalue weighted by atomic mass is 79.9. The molecule has 2 aliphatic heterocycles. The van der Waals surface area contributed by atoms with E-state index in [4.69, 9.17) is 9.85 Å². The quantitative estimate of drug-likeness (QED) is 0.132. The molecule has 1 unspecified atom stereocenters. The van der Waals surface area contributed by atoms with E-state index in [1.54, 1.807) is 6.07 Å². The number of likely N-dealkylation sites (N-methyl/N-ethyl adjacent to an activating group) is 1. The van der Waals surface area contributed by atoms with Gasteiger partial charge in [0, 0.05) is 45.8 Å². The van der Waals surface area contributed by atoms with Gasteiger partial charge in [-0.1, -0.05) is 80.6 Å². The Morgan fingerprint density at radius 2 is 1.57 bits per heavy atom. The predicted octanol–water partition coefficient (Wildman–Crippen LogP) is 8.58. The normalized spacial score (nSPS) is 21.0. The van der Waals surface area contributed by atoms with Gasteiger partial charge in [-0.05, 0) is 45.8 Å². The molecule has 0 saturated carbocycles. The molecule has 9 heteroatoms. The fraction of sp³-hybridized carbons (Fsp3) is 0.129. The highest BCUT2D eigenvalue weighted by Gasteiger charge is 2.47. The first kappa shape index (κ1) is 26.2. The van der Waals surface area contributed by atoms with Crippen molar-refractivity contribution in [3.05, 3.63) is 134 Å². The maximum atomic E-state index is 11.5. The largest absolute Gasteiger partial charge is 0.346 e. The zero-order valence-corrected chi connectivity index (χ0v) is 24.8. The van der Waals surface area contributed by atoms with E-state index >= 15 is 0 Å². The lowest BCUT2D eigenvalue weighted by molar-refractivity contribution is -0.384. The number of hydrogen-bond acceptors (Lipinski definition) is 5. The highest BCUT2D eigenvalue weighted by Crippen LogP contribution is 2.68. The predicted molar refractivity (Wildman–Crippen MR) is 168 cm³/mol. The summed E-state index contributed by atoms with van der Waals surface area (Å²) in [6.07, 6.45) is 1.97. The topological polar surface area (TPSA) is 74.3 Å². The molecular formula is C31H27BrN5O2P. The summed E-state index contributed by atoms with van der Waals surface area (Å²) in [5, 5.41) is 18.6. The molecule has 4 aromatic carbocycles. The standard InChI is InChI=1S/C31H27BrN5O2P/c1-31(2)25-16-10-11-17-28(25)35(3)30(31)29-21-33-36(22-12-6-4-7-13-22)40(29,24-14-8-5-9-15-24)34-27-19-18-23(37(38)39)20-26(27)32/h4-21H,1-3H3/b30-29-. The van der Waals surface area contributed by atoms with Crippen LogP contribution in [-0.4, -0.2) is 18.2 Å². The first-order valence-electron chi connectivity index (χ1n) is 12.9. The third-order valence-corrected chi connectivity index (χ3v) is 11.5. The third kappa shape index (κ3) is 4.02. The van der Waals surface area contributed by atoms with Crippen LogP contribution in [0.1, 0.15) is 19.4 Å². The van der Waals surface area contributed by atoms with Gasteiger partial charge < -0.3 is 4.90 Å².